The lowest BCUT2D eigenvalue weighted by molar-refractivity contribution is -0.160. The molecule has 2 fully saturated rings. The van der Waals surface area contributed by atoms with Crippen molar-refractivity contribution in [1.82, 2.24) is 20.0 Å². The van der Waals surface area contributed by atoms with Crippen molar-refractivity contribution in [2.45, 2.75) is 62.7 Å². The van der Waals surface area contributed by atoms with Gasteiger partial charge in [-0.05, 0) is 81.6 Å². The third-order valence-electron chi connectivity index (χ3n) is 11.4. The van der Waals surface area contributed by atoms with E-state index in [9.17, 15) is 28.0 Å². The molecule has 0 spiro atoms. The normalized spacial score (nSPS) is 17.3. The molecule has 1 heterocycles. The Morgan fingerprint density at radius 1 is 0.842 bits per heavy atom. The Bertz CT molecular complexity index is 2250. The molecule has 11 heteroatoms. The number of aryl methyl sites for hydroxylation is 1. The Kier molecular flexibility index (Phi) is 12.2. The van der Waals surface area contributed by atoms with Crippen LogP contribution in [0.15, 0.2) is 109 Å². The fourth-order valence-electron chi connectivity index (χ4n) is 8.25. The van der Waals surface area contributed by atoms with E-state index in [1.165, 1.54) is 33.9 Å². The van der Waals surface area contributed by atoms with E-state index in [1.807, 2.05) is 84.9 Å². The summed E-state index contributed by atoms with van der Waals surface area (Å²) in [6, 6.07) is 29.0. The topological polar surface area (TPSA) is 116 Å². The lowest BCUT2D eigenvalue weighted by Crippen LogP contribution is -2.67. The molecule has 4 atom stereocenters. The van der Waals surface area contributed by atoms with E-state index in [-0.39, 0.29) is 44.3 Å². The SMILES string of the molecule is CNC(=O)C(C(c1ccc2ccccc2c1)N(CCF)C(=O)CCc1ccc2ccccc2c1)N1CCN(C(=O)C(N)Cc2ccc(F)cc2)C(CC2CC2)C1=O. The van der Waals surface area contributed by atoms with Crippen molar-refractivity contribution in [3.05, 3.63) is 132 Å². The average Bonchev–Trinajstić information content (AvgIpc) is 4.06. The predicted octanol–water partition coefficient (Wildman–Crippen LogP) is 6.13. The summed E-state index contributed by atoms with van der Waals surface area (Å²) in [7, 11) is 1.48. The molecular weight excluding hydrogens is 725 g/mol. The summed E-state index contributed by atoms with van der Waals surface area (Å²) in [6.45, 7) is -1.06. The zero-order valence-corrected chi connectivity index (χ0v) is 32.2. The number of piperazine rings is 1. The summed E-state index contributed by atoms with van der Waals surface area (Å²) >= 11 is 0. The summed E-state index contributed by atoms with van der Waals surface area (Å²) < 4.78 is 28.3. The molecule has 3 N–H and O–H groups in total. The van der Waals surface area contributed by atoms with Crippen molar-refractivity contribution in [2.75, 3.05) is 33.4 Å². The molecule has 0 radical (unpaired) electrons. The Morgan fingerprint density at radius 3 is 2.12 bits per heavy atom. The average molecular weight is 774 g/mol. The Balaban J connectivity index is 1.23. The monoisotopic (exact) mass is 773 g/mol. The summed E-state index contributed by atoms with van der Waals surface area (Å²) in [5.74, 6) is -1.84. The van der Waals surface area contributed by atoms with E-state index in [1.54, 1.807) is 12.1 Å². The number of hydrogen-bond acceptors (Lipinski definition) is 5. The number of alkyl halides is 1. The standard InChI is InChI=1S/C46H49F2N5O4/c1-50-44(55)43(53-25-24-51(40(46(53)57)28-32-10-11-32)45(56)39(49)27-31-13-19-38(48)20-14-31)42(37-18-17-34-7-3-5-9-36(34)29-37)52(23-22-47)41(54)21-15-30-12-16-33-6-2-4-8-35(33)26-30/h2-9,12-14,16-20,26,29,32,39-40,42-43H,10-11,15,21-25,27-28,49H2,1H3,(H,50,55). The number of likely N-dealkylation sites (N-methyl/N-ethyl adjacent to an activating group) is 1. The molecule has 0 aromatic heterocycles. The molecule has 0 bridgehead atoms. The zero-order valence-electron chi connectivity index (χ0n) is 32.2. The highest BCUT2D eigenvalue weighted by Gasteiger charge is 2.48. The summed E-state index contributed by atoms with van der Waals surface area (Å²) in [6.07, 6.45) is 2.85. The molecule has 7 rings (SSSR count). The van der Waals surface area contributed by atoms with Gasteiger partial charge < -0.3 is 25.8 Å². The highest BCUT2D eigenvalue weighted by atomic mass is 19.1. The second-order valence-electron chi connectivity index (χ2n) is 15.3. The highest BCUT2D eigenvalue weighted by Crippen LogP contribution is 2.38. The Hall–Kier alpha value is -5.68. The van der Waals surface area contributed by atoms with Gasteiger partial charge >= 0.3 is 0 Å². The lowest BCUT2D eigenvalue weighted by Gasteiger charge is -2.47. The van der Waals surface area contributed by atoms with Crippen LogP contribution in [0.25, 0.3) is 21.5 Å². The smallest absolute Gasteiger partial charge is 0.246 e. The number of nitrogens with zero attached hydrogens (tertiary/aromatic N) is 3. The quantitative estimate of drug-likeness (QED) is 0.133. The number of hydrogen-bond donors (Lipinski definition) is 2. The molecule has 2 aliphatic rings. The number of halogens is 2. The molecule has 5 aromatic rings. The first-order valence-corrected chi connectivity index (χ1v) is 19.8. The molecule has 4 amide bonds. The van der Waals surface area contributed by atoms with E-state index >= 15 is 0 Å². The van der Waals surface area contributed by atoms with Crippen LogP contribution in [0.4, 0.5) is 8.78 Å². The zero-order chi connectivity index (χ0) is 40.1. The maximum atomic E-state index is 14.9. The molecule has 9 nitrogen and oxygen atoms in total. The van der Waals surface area contributed by atoms with Gasteiger partial charge in [0.1, 0.15) is 24.6 Å². The van der Waals surface area contributed by atoms with E-state index in [0.29, 0.717) is 24.0 Å². The van der Waals surface area contributed by atoms with Gasteiger partial charge in [-0.15, -0.1) is 0 Å². The van der Waals surface area contributed by atoms with E-state index < -0.39 is 54.4 Å². The minimum Gasteiger partial charge on any atom is -0.357 e. The summed E-state index contributed by atoms with van der Waals surface area (Å²) in [5, 5.41) is 6.68. The highest BCUT2D eigenvalue weighted by molar-refractivity contribution is 5.95. The number of carbonyl (C=O) groups excluding carboxylic acids is 4. The van der Waals surface area contributed by atoms with Crippen molar-refractivity contribution in [1.29, 1.82) is 0 Å². The number of fused-ring (bicyclic) bond motifs is 2. The predicted molar refractivity (Wildman–Crippen MR) is 217 cm³/mol. The number of amides is 4. The van der Waals surface area contributed by atoms with Crippen molar-refractivity contribution in [3.8, 4) is 0 Å². The van der Waals surface area contributed by atoms with Crippen LogP contribution in [0.2, 0.25) is 0 Å². The molecule has 1 saturated carbocycles. The maximum absolute atomic E-state index is 14.9. The minimum absolute atomic E-state index is 0.00801. The number of nitrogens with two attached hydrogens (primary N) is 1. The van der Waals surface area contributed by atoms with Gasteiger partial charge in [0.15, 0.2) is 0 Å². The van der Waals surface area contributed by atoms with Crippen LogP contribution in [0, 0.1) is 11.7 Å². The fraction of sp³-hybridized carbons (Fsp3) is 0.348. The van der Waals surface area contributed by atoms with Gasteiger partial charge in [-0.25, -0.2) is 8.78 Å². The van der Waals surface area contributed by atoms with E-state index in [0.717, 1.165) is 39.9 Å². The molecule has 4 unspecified atom stereocenters. The van der Waals surface area contributed by atoms with Crippen LogP contribution in [0.3, 0.4) is 0 Å². The van der Waals surface area contributed by atoms with Crippen LogP contribution in [0.1, 0.15) is 48.4 Å². The van der Waals surface area contributed by atoms with Gasteiger partial charge in [0, 0.05) is 33.1 Å². The largest absolute Gasteiger partial charge is 0.357 e. The second-order valence-corrected chi connectivity index (χ2v) is 15.3. The number of carbonyl (C=O) groups is 4. The van der Waals surface area contributed by atoms with Gasteiger partial charge in [0.25, 0.3) is 0 Å². The second kappa shape index (κ2) is 17.6. The van der Waals surface area contributed by atoms with E-state index in [2.05, 4.69) is 5.32 Å². The molecule has 57 heavy (non-hydrogen) atoms. The number of benzene rings is 5. The van der Waals surface area contributed by atoms with Gasteiger partial charge in [-0.1, -0.05) is 104 Å². The Morgan fingerprint density at radius 2 is 1.47 bits per heavy atom. The van der Waals surface area contributed by atoms with Crippen molar-refractivity contribution < 1.29 is 28.0 Å². The van der Waals surface area contributed by atoms with Gasteiger partial charge in [0.05, 0.1) is 12.1 Å². The minimum atomic E-state index is -1.24. The summed E-state index contributed by atoms with van der Waals surface area (Å²) in [4.78, 5) is 62.1. The summed E-state index contributed by atoms with van der Waals surface area (Å²) in [5.41, 5.74) is 8.68. The number of nitrogens with one attached hydrogen (secondary N) is 1. The maximum Gasteiger partial charge on any atom is 0.246 e. The Labute approximate surface area is 331 Å². The third kappa shape index (κ3) is 8.99. The first-order chi connectivity index (χ1) is 27.6. The van der Waals surface area contributed by atoms with Gasteiger partial charge in [0.2, 0.25) is 23.6 Å². The van der Waals surface area contributed by atoms with Gasteiger partial charge in [-0.3, -0.25) is 19.2 Å². The van der Waals surface area contributed by atoms with Crippen LogP contribution in [-0.4, -0.2) is 89.8 Å². The lowest BCUT2D eigenvalue weighted by atomic mass is 9.90. The van der Waals surface area contributed by atoms with Crippen LogP contribution >= 0.6 is 0 Å². The first-order valence-electron chi connectivity index (χ1n) is 19.8. The third-order valence-corrected chi connectivity index (χ3v) is 11.4. The van der Waals surface area contributed by atoms with Crippen LogP contribution < -0.4 is 11.1 Å². The van der Waals surface area contributed by atoms with Crippen molar-refractivity contribution in [2.24, 2.45) is 11.7 Å². The molecule has 296 valence electrons. The van der Waals surface area contributed by atoms with Crippen molar-refractivity contribution in [3.63, 3.8) is 0 Å². The van der Waals surface area contributed by atoms with Crippen molar-refractivity contribution >= 4 is 45.2 Å². The number of rotatable bonds is 15. The molecular formula is C46H49F2N5O4. The van der Waals surface area contributed by atoms with E-state index in [4.69, 9.17) is 5.73 Å². The van der Waals surface area contributed by atoms with Crippen LogP contribution in [-0.2, 0) is 32.0 Å². The molecule has 1 saturated heterocycles. The first kappa shape index (κ1) is 39.6. The molecule has 1 aliphatic heterocycles. The molecule has 5 aromatic carbocycles. The fourth-order valence-corrected chi connectivity index (χ4v) is 8.25. The van der Waals surface area contributed by atoms with Crippen LogP contribution in [0.5, 0.6) is 0 Å². The molecule has 1 aliphatic carbocycles. The van der Waals surface area contributed by atoms with Gasteiger partial charge in [-0.2, -0.15) is 0 Å².